The van der Waals surface area contributed by atoms with Gasteiger partial charge in [-0.3, -0.25) is 4.79 Å². The molecule has 0 saturated heterocycles. The molecule has 0 N–H and O–H groups in total. The van der Waals surface area contributed by atoms with E-state index in [-0.39, 0.29) is 5.91 Å². The summed E-state index contributed by atoms with van der Waals surface area (Å²) >= 11 is 0. The first-order chi connectivity index (χ1) is 8.70. The second-order valence-electron chi connectivity index (χ2n) is 4.40. The van der Waals surface area contributed by atoms with Crippen molar-refractivity contribution in [2.75, 3.05) is 14.1 Å². The molecule has 0 spiro atoms. The van der Waals surface area contributed by atoms with E-state index in [0.29, 0.717) is 0 Å². The van der Waals surface area contributed by atoms with E-state index in [9.17, 15) is 4.79 Å². The quantitative estimate of drug-likeness (QED) is 0.427. The van der Waals surface area contributed by atoms with Gasteiger partial charge in [0.15, 0.2) is 0 Å². The Balaban J connectivity index is 2.16. The Morgan fingerprint density at radius 3 is 2.56 bits per heavy atom. The molecule has 0 atom stereocenters. The fourth-order valence-electron chi connectivity index (χ4n) is 1.53. The third kappa shape index (κ3) is 6.04. The van der Waals surface area contributed by atoms with E-state index in [1.54, 1.807) is 31.1 Å². The summed E-state index contributed by atoms with van der Waals surface area (Å²) in [6.45, 7) is 0. The Kier molecular flexibility index (Phi) is 6.55. The van der Waals surface area contributed by atoms with E-state index in [2.05, 4.69) is 30.3 Å². The van der Waals surface area contributed by atoms with Crippen molar-refractivity contribution in [3.05, 3.63) is 60.2 Å². The van der Waals surface area contributed by atoms with Gasteiger partial charge in [0.25, 0.3) is 0 Å². The molecule has 1 aromatic rings. The molecule has 0 saturated carbocycles. The molecule has 1 amide bonds. The summed E-state index contributed by atoms with van der Waals surface area (Å²) in [7, 11) is 3.49. The minimum absolute atomic E-state index is 0.0175. The minimum atomic E-state index is 0.0175. The van der Waals surface area contributed by atoms with Crippen molar-refractivity contribution in [2.45, 2.75) is 19.3 Å². The number of amides is 1. The SMILES string of the molecule is CN(C)C(=O)/C=C/C=C/CCCc1ccccc1. The van der Waals surface area contributed by atoms with Crippen LogP contribution in [-0.4, -0.2) is 24.9 Å². The summed E-state index contributed by atoms with van der Waals surface area (Å²) in [6.07, 6.45) is 10.7. The van der Waals surface area contributed by atoms with Crippen molar-refractivity contribution in [3.8, 4) is 0 Å². The molecule has 0 fully saturated rings. The molecule has 2 heteroatoms. The zero-order valence-corrected chi connectivity index (χ0v) is 11.2. The average Bonchev–Trinajstić information content (AvgIpc) is 2.38. The van der Waals surface area contributed by atoms with Gasteiger partial charge < -0.3 is 4.90 Å². The van der Waals surface area contributed by atoms with Gasteiger partial charge in [-0.2, -0.15) is 0 Å². The highest BCUT2D eigenvalue weighted by molar-refractivity contribution is 5.87. The lowest BCUT2D eigenvalue weighted by molar-refractivity contribution is -0.123. The maximum atomic E-state index is 11.2. The van der Waals surface area contributed by atoms with Gasteiger partial charge in [-0.1, -0.05) is 48.6 Å². The Bertz CT molecular complexity index is 404. The van der Waals surface area contributed by atoms with Gasteiger partial charge in [0, 0.05) is 20.2 Å². The van der Waals surface area contributed by atoms with E-state index >= 15 is 0 Å². The highest BCUT2D eigenvalue weighted by Gasteiger charge is 1.94. The van der Waals surface area contributed by atoms with Crippen LogP contribution in [0.5, 0.6) is 0 Å². The lowest BCUT2D eigenvalue weighted by Gasteiger charge is -2.04. The third-order valence-corrected chi connectivity index (χ3v) is 2.61. The van der Waals surface area contributed by atoms with Crippen LogP contribution in [0, 0.1) is 0 Å². The molecular formula is C16H21NO. The van der Waals surface area contributed by atoms with Crippen LogP contribution in [-0.2, 0) is 11.2 Å². The first-order valence-electron chi connectivity index (χ1n) is 6.28. The number of hydrogen-bond acceptors (Lipinski definition) is 1. The Hall–Kier alpha value is -1.83. The monoisotopic (exact) mass is 243 g/mol. The van der Waals surface area contributed by atoms with Gasteiger partial charge in [0.1, 0.15) is 0 Å². The highest BCUT2D eigenvalue weighted by Crippen LogP contribution is 2.04. The van der Waals surface area contributed by atoms with Gasteiger partial charge in [0.05, 0.1) is 0 Å². The van der Waals surface area contributed by atoms with Crippen molar-refractivity contribution in [1.82, 2.24) is 4.90 Å². The lowest BCUT2D eigenvalue weighted by atomic mass is 10.1. The zero-order chi connectivity index (χ0) is 13.2. The van der Waals surface area contributed by atoms with E-state index < -0.39 is 0 Å². The number of carbonyl (C=O) groups is 1. The molecule has 1 rings (SSSR count). The van der Waals surface area contributed by atoms with Crippen LogP contribution < -0.4 is 0 Å². The molecule has 0 heterocycles. The minimum Gasteiger partial charge on any atom is -0.345 e. The number of benzene rings is 1. The molecule has 0 aromatic heterocycles. The standard InChI is InChI=1S/C16H21NO/c1-17(2)16(18)14-10-5-3-4-7-11-15-12-8-6-9-13-15/h3,5-6,8-10,12-14H,4,7,11H2,1-2H3/b5-3+,14-10+. The second-order valence-corrected chi connectivity index (χ2v) is 4.40. The van der Waals surface area contributed by atoms with Crippen LogP contribution in [0.4, 0.5) is 0 Å². The summed E-state index contributed by atoms with van der Waals surface area (Å²) in [5, 5.41) is 0. The molecule has 96 valence electrons. The third-order valence-electron chi connectivity index (χ3n) is 2.61. The van der Waals surface area contributed by atoms with Gasteiger partial charge in [-0.05, 0) is 24.8 Å². The average molecular weight is 243 g/mol. The topological polar surface area (TPSA) is 20.3 Å². The number of allylic oxidation sites excluding steroid dienone is 3. The van der Waals surface area contributed by atoms with Crippen LogP contribution in [0.3, 0.4) is 0 Å². The van der Waals surface area contributed by atoms with Gasteiger partial charge in [-0.15, -0.1) is 0 Å². The summed E-state index contributed by atoms with van der Waals surface area (Å²) in [6, 6.07) is 10.5. The van der Waals surface area contributed by atoms with E-state index in [1.807, 2.05) is 12.1 Å². The predicted molar refractivity (Wildman–Crippen MR) is 76.4 cm³/mol. The van der Waals surface area contributed by atoms with Crippen LogP contribution in [0.1, 0.15) is 18.4 Å². The summed E-state index contributed by atoms with van der Waals surface area (Å²) in [5.74, 6) is 0.0175. The van der Waals surface area contributed by atoms with Gasteiger partial charge in [-0.25, -0.2) is 0 Å². The van der Waals surface area contributed by atoms with Crippen LogP contribution in [0.25, 0.3) is 0 Å². The molecule has 0 radical (unpaired) electrons. The van der Waals surface area contributed by atoms with E-state index in [4.69, 9.17) is 0 Å². The zero-order valence-electron chi connectivity index (χ0n) is 11.2. The van der Waals surface area contributed by atoms with E-state index in [0.717, 1.165) is 19.3 Å². The van der Waals surface area contributed by atoms with Crippen molar-refractivity contribution in [1.29, 1.82) is 0 Å². The second kappa shape index (κ2) is 8.29. The van der Waals surface area contributed by atoms with Crippen molar-refractivity contribution < 1.29 is 4.79 Å². The molecule has 2 nitrogen and oxygen atoms in total. The maximum absolute atomic E-state index is 11.2. The molecule has 0 aliphatic carbocycles. The first-order valence-corrected chi connectivity index (χ1v) is 6.28. The Morgan fingerprint density at radius 1 is 1.17 bits per heavy atom. The predicted octanol–water partition coefficient (Wildman–Crippen LogP) is 3.21. The summed E-state index contributed by atoms with van der Waals surface area (Å²) in [4.78, 5) is 12.8. The smallest absolute Gasteiger partial charge is 0.246 e. The highest BCUT2D eigenvalue weighted by atomic mass is 16.2. The molecule has 1 aromatic carbocycles. The normalized spacial score (nSPS) is 11.2. The Labute approximate surface area is 110 Å². The first kappa shape index (κ1) is 14.2. The number of likely N-dealkylation sites (N-methyl/N-ethyl adjacent to an activating group) is 1. The fourth-order valence-corrected chi connectivity index (χ4v) is 1.53. The summed E-state index contributed by atoms with van der Waals surface area (Å²) < 4.78 is 0. The molecule has 0 aliphatic rings. The van der Waals surface area contributed by atoms with Gasteiger partial charge >= 0.3 is 0 Å². The number of carbonyl (C=O) groups excluding carboxylic acids is 1. The van der Waals surface area contributed by atoms with Gasteiger partial charge in [0.2, 0.25) is 5.91 Å². The van der Waals surface area contributed by atoms with Crippen molar-refractivity contribution in [2.24, 2.45) is 0 Å². The van der Waals surface area contributed by atoms with Crippen molar-refractivity contribution in [3.63, 3.8) is 0 Å². The summed E-state index contributed by atoms with van der Waals surface area (Å²) in [5.41, 5.74) is 1.38. The Morgan fingerprint density at radius 2 is 1.89 bits per heavy atom. The maximum Gasteiger partial charge on any atom is 0.246 e. The lowest BCUT2D eigenvalue weighted by Crippen LogP contribution is -2.18. The number of aryl methyl sites for hydroxylation is 1. The number of rotatable bonds is 6. The number of nitrogens with zero attached hydrogens (tertiary/aromatic N) is 1. The van der Waals surface area contributed by atoms with Crippen LogP contribution in [0.2, 0.25) is 0 Å². The largest absolute Gasteiger partial charge is 0.345 e. The molecule has 0 unspecified atom stereocenters. The molecule has 0 aliphatic heterocycles. The fraction of sp³-hybridized carbons (Fsp3) is 0.312. The van der Waals surface area contributed by atoms with Crippen molar-refractivity contribution >= 4 is 5.91 Å². The molecule has 18 heavy (non-hydrogen) atoms. The van der Waals surface area contributed by atoms with E-state index in [1.165, 1.54) is 5.56 Å². The van der Waals surface area contributed by atoms with Crippen LogP contribution >= 0.6 is 0 Å². The number of hydrogen-bond donors (Lipinski definition) is 0. The molecular weight excluding hydrogens is 222 g/mol. The van der Waals surface area contributed by atoms with Crippen LogP contribution in [0.15, 0.2) is 54.6 Å². The molecule has 0 bridgehead atoms. The number of unbranched alkanes of at least 4 members (excludes halogenated alkanes) is 1.